The lowest BCUT2D eigenvalue weighted by molar-refractivity contribution is 0.102. The average molecular weight is 419 g/mol. The van der Waals surface area contributed by atoms with Crippen LogP contribution < -0.4 is 15.4 Å². The maximum atomic E-state index is 12.4. The van der Waals surface area contributed by atoms with E-state index >= 15 is 0 Å². The highest BCUT2D eigenvalue weighted by Gasteiger charge is 2.13. The van der Waals surface area contributed by atoms with Crippen molar-refractivity contribution in [3.8, 4) is 0 Å². The molecule has 28 heavy (non-hydrogen) atoms. The number of hydrogen-bond acceptors (Lipinski definition) is 8. The van der Waals surface area contributed by atoms with Gasteiger partial charge in [0, 0.05) is 22.5 Å². The van der Waals surface area contributed by atoms with Crippen molar-refractivity contribution >= 4 is 49.7 Å². The van der Waals surface area contributed by atoms with Crippen LogP contribution >= 0.6 is 11.3 Å². The summed E-state index contributed by atoms with van der Waals surface area (Å²) in [7, 11) is -3.40. The minimum atomic E-state index is -3.40. The molecule has 0 aliphatic carbocycles. The van der Waals surface area contributed by atoms with Gasteiger partial charge in [-0.3, -0.25) is 9.52 Å². The van der Waals surface area contributed by atoms with Crippen molar-refractivity contribution in [2.75, 3.05) is 21.6 Å². The monoisotopic (exact) mass is 418 g/mol. The van der Waals surface area contributed by atoms with Crippen molar-refractivity contribution < 1.29 is 13.2 Å². The molecule has 9 nitrogen and oxygen atoms in total. The van der Waals surface area contributed by atoms with Crippen LogP contribution in [-0.4, -0.2) is 35.5 Å². The molecule has 3 N–H and O–H groups in total. The van der Waals surface area contributed by atoms with Gasteiger partial charge >= 0.3 is 0 Å². The quantitative estimate of drug-likeness (QED) is 0.562. The van der Waals surface area contributed by atoms with Crippen molar-refractivity contribution in [2.45, 2.75) is 13.8 Å². The highest BCUT2D eigenvalue weighted by atomic mass is 32.2. The summed E-state index contributed by atoms with van der Waals surface area (Å²) >= 11 is 1.25. The summed E-state index contributed by atoms with van der Waals surface area (Å²) < 4.78 is 25.0. The molecule has 1 aromatic carbocycles. The van der Waals surface area contributed by atoms with Crippen molar-refractivity contribution in [2.24, 2.45) is 0 Å². The Morgan fingerprint density at radius 2 is 1.71 bits per heavy atom. The fourth-order valence-corrected chi connectivity index (χ4v) is 3.62. The first-order valence-electron chi connectivity index (χ1n) is 8.12. The molecule has 2 aromatic heterocycles. The Morgan fingerprint density at radius 3 is 2.39 bits per heavy atom. The number of nitrogens with zero attached hydrogens (tertiary/aromatic N) is 3. The number of carbonyl (C=O) groups excluding carboxylic acids is 1. The van der Waals surface area contributed by atoms with Gasteiger partial charge < -0.3 is 10.6 Å². The largest absolute Gasteiger partial charge is 0.321 e. The first-order chi connectivity index (χ1) is 13.2. The first kappa shape index (κ1) is 19.7. The lowest BCUT2D eigenvalue weighted by Gasteiger charge is -2.07. The zero-order chi connectivity index (χ0) is 20.3. The number of rotatable bonds is 6. The van der Waals surface area contributed by atoms with Crippen molar-refractivity contribution in [1.82, 2.24) is 15.0 Å². The van der Waals surface area contributed by atoms with Crippen LogP contribution in [0.15, 0.2) is 35.7 Å². The summed E-state index contributed by atoms with van der Waals surface area (Å²) in [6.07, 6.45) is 1.06. The van der Waals surface area contributed by atoms with Crippen LogP contribution in [0.2, 0.25) is 0 Å². The van der Waals surface area contributed by atoms with Crippen LogP contribution in [0.4, 0.5) is 22.5 Å². The summed E-state index contributed by atoms with van der Waals surface area (Å²) in [5, 5.41) is 7.78. The SMILES string of the molecule is Cc1cc(C)nc(Nc2nc(C(=O)Nc3cccc(NS(C)(=O)=O)c3)cs2)n1. The second-order valence-electron chi connectivity index (χ2n) is 6.05. The Labute approximate surface area is 166 Å². The molecule has 0 saturated carbocycles. The van der Waals surface area contributed by atoms with E-state index in [0.29, 0.717) is 22.5 Å². The number of anilines is 4. The average Bonchev–Trinajstić information content (AvgIpc) is 3.01. The van der Waals surface area contributed by atoms with Gasteiger partial charge in [0.25, 0.3) is 5.91 Å². The van der Waals surface area contributed by atoms with Gasteiger partial charge in [-0.1, -0.05) is 6.07 Å². The molecule has 0 unspecified atom stereocenters. The van der Waals surface area contributed by atoms with Crippen LogP contribution in [0.1, 0.15) is 21.9 Å². The Balaban J connectivity index is 1.70. The lowest BCUT2D eigenvalue weighted by atomic mass is 10.3. The molecule has 0 aliphatic heterocycles. The smallest absolute Gasteiger partial charge is 0.275 e. The Bertz CT molecular complexity index is 1110. The molecular formula is C17H18N6O3S2. The summed E-state index contributed by atoms with van der Waals surface area (Å²) in [6.45, 7) is 3.74. The third-order valence-corrected chi connectivity index (χ3v) is 4.73. The molecule has 1 amide bonds. The van der Waals surface area contributed by atoms with E-state index < -0.39 is 15.9 Å². The van der Waals surface area contributed by atoms with Crippen LogP contribution in [-0.2, 0) is 10.0 Å². The number of sulfonamides is 1. The van der Waals surface area contributed by atoms with E-state index in [9.17, 15) is 13.2 Å². The number of aryl methyl sites for hydroxylation is 2. The molecule has 11 heteroatoms. The van der Waals surface area contributed by atoms with Gasteiger partial charge in [-0.25, -0.2) is 23.4 Å². The standard InChI is InChI=1S/C17H18N6O3S2/c1-10-7-11(2)19-16(18-10)22-17-21-14(9-27-17)15(24)20-12-5-4-6-13(8-12)23-28(3,25)26/h4-9,23H,1-3H3,(H,20,24)(H,18,19,21,22). The first-order valence-corrected chi connectivity index (χ1v) is 10.9. The minimum Gasteiger partial charge on any atom is -0.321 e. The molecule has 2 heterocycles. The lowest BCUT2D eigenvalue weighted by Crippen LogP contribution is -2.13. The second kappa shape index (κ2) is 7.90. The Morgan fingerprint density at radius 1 is 1.04 bits per heavy atom. The Hall–Kier alpha value is -3.05. The van der Waals surface area contributed by atoms with Crippen molar-refractivity contribution in [3.63, 3.8) is 0 Å². The van der Waals surface area contributed by atoms with Crippen LogP contribution in [0.5, 0.6) is 0 Å². The molecule has 0 radical (unpaired) electrons. The van der Waals surface area contributed by atoms with E-state index in [0.717, 1.165) is 17.6 Å². The number of benzene rings is 1. The summed E-state index contributed by atoms with van der Waals surface area (Å²) in [4.78, 5) is 25.2. The van der Waals surface area contributed by atoms with E-state index in [1.807, 2.05) is 19.9 Å². The zero-order valence-corrected chi connectivity index (χ0v) is 17.0. The molecule has 3 rings (SSSR count). The van der Waals surface area contributed by atoms with Gasteiger partial charge in [0.2, 0.25) is 16.0 Å². The molecule has 0 bridgehead atoms. The summed E-state index contributed by atoms with van der Waals surface area (Å²) in [5.41, 5.74) is 2.67. The highest BCUT2D eigenvalue weighted by molar-refractivity contribution is 7.92. The highest BCUT2D eigenvalue weighted by Crippen LogP contribution is 2.21. The fraction of sp³-hybridized carbons (Fsp3) is 0.176. The van der Waals surface area contributed by atoms with E-state index in [4.69, 9.17) is 0 Å². The van der Waals surface area contributed by atoms with E-state index in [1.54, 1.807) is 23.6 Å². The number of aromatic nitrogens is 3. The predicted octanol–water partition coefficient (Wildman–Crippen LogP) is 2.92. The normalized spacial score (nSPS) is 11.1. The maximum Gasteiger partial charge on any atom is 0.275 e. The van der Waals surface area contributed by atoms with Gasteiger partial charge in [0.1, 0.15) is 5.69 Å². The number of amides is 1. The number of hydrogen-bond donors (Lipinski definition) is 3. The summed E-state index contributed by atoms with van der Waals surface area (Å²) in [6, 6.07) is 8.26. The summed E-state index contributed by atoms with van der Waals surface area (Å²) in [5.74, 6) is 0.000468. The second-order valence-corrected chi connectivity index (χ2v) is 8.65. The van der Waals surface area contributed by atoms with Gasteiger partial charge in [-0.05, 0) is 38.1 Å². The van der Waals surface area contributed by atoms with Crippen LogP contribution in [0, 0.1) is 13.8 Å². The molecule has 0 atom stereocenters. The fourth-order valence-electron chi connectivity index (χ4n) is 2.38. The third kappa shape index (κ3) is 5.47. The Kier molecular flexibility index (Phi) is 5.56. The minimum absolute atomic E-state index is 0.221. The number of thiazole rings is 1. The third-order valence-electron chi connectivity index (χ3n) is 3.36. The van der Waals surface area contributed by atoms with E-state index in [-0.39, 0.29) is 5.69 Å². The predicted molar refractivity (Wildman–Crippen MR) is 110 cm³/mol. The molecule has 3 aromatic rings. The van der Waals surface area contributed by atoms with E-state index in [2.05, 4.69) is 30.3 Å². The molecule has 0 aliphatic rings. The molecular weight excluding hydrogens is 400 g/mol. The maximum absolute atomic E-state index is 12.4. The zero-order valence-electron chi connectivity index (χ0n) is 15.3. The molecule has 146 valence electrons. The van der Waals surface area contributed by atoms with Gasteiger partial charge in [-0.15, -0.1) is 11.3 Å². The van der Waals surface area contributed by atoms with E-state index in [1.165, 1.54) is 17.4 Å². The molecule has 0 fully saturated rings. The van der Waals surface area contributed by atoms with Crippen LogP contribution in [0.25, 0.3) is 0 Å². The van der Waals surface area contributed by atoms with Crippen LogP contribution in [0.3, 0.4) is 0 Å². The molecule has 0 saturated heterocycles. The molecule has 0 spiro atoms. The van der Waals surface area contributed by atoms with Crippen molar-refractivity contribution in [1.29, 1.82) is 0 Å². The number of carbonyl (C=O) groups is 1. The van der Waals surface area contributed by atoms with Crippen molar-refractivity contribution in [3.05, 3.63) is 52.8 Å². The van der Waals surface area contributed by atoms with Gasteiger partial charge in [-0.2, -0.15) is 0 Å². The topological polar surface area (TPSA) is 126 Å². The van der Waals surface area contributed by atoms with Gasteiger partial charge in [0.05, 0.1) is 11.9 Å². The number of nitrogens with one attached hydrogen (secondary N) is 3. The van der Waals surface area contributed by atoms with Gasteiger partial charge in [0.15, 0.2) is 5.13 Å².